The Hall–Kier alpha value is -3.52. The van der Waals surface area contributed by atoms with Crippen LogP contribution in [0.15, 0.2) is 95.4 Å². The van der Waals surface area contributed by atoms with E-state index in [1.54, 1.807) is 5.56 Å². The van der Waals surface area contributed by atoms with Gasteiger partial charge in [-0.2, -0.15) is 0 Å². The van der Waals surface area contributed by atoms with Gasteiger partial charge in [-0.1, -0.05) is 67.8 Å². The number of anilines is 3. The summed E-state index contributed by atoms with van der Waals surface area (Å²) in [6.07, 6.45) is 15.5. The van der Waals surface area contributed by atoms with Gasteiger partial charge in [0.25, 0.3) is 0 Å². The molecule has 5 aliphatic rings. The third-order valence-electron chi connectivity index (χ3n) is 11.6. The van der Waals surface area contributed by atoms with Gasteiger partial charge in [0.1, 0.15) is 11.2 Å². The molecule has 5 saturated carbocycles. The minimum absolute atomic E-state index is 0.417. The molecule has 0 amide bonds. The molecule has 0 radical (unpaired) electrons. The lowest BCUT2D eigenvalue weighted by molar-refractivity contribution is -0.00518. The maximum atomic E-state index is 6.34. The lowest BCUT2D eigenvalue weighted by Gasteiger charge is -2.57. The van der Waals surface area contributed by atoms with Crippen molar-refractivity contribution >= 4 is 39.0 Å². The van der Waals surface area contributed by atoms with Gasteiger partial charge < -0.3 is 9.32 Å². The van der Waals surface area contributed by atoms with Gasteiger partial charge in [0, 0.05) is 16.8 Å². The Bertz CT molecular complexity index is 1700. The Morgan fingerprint density at radius 2 is 1.21 bits per heavy atom. The molecule has 5 aliphatic carbocycles. The Balaban J connectivity index is 1.15. The quantitative estimate of drug-likeness (QED) is 0.216. The second kappa shape index (κ2) is 9.76. The molecule has 0 unspecified atom stereocenters. The molecule has 0 saturated heterocycles. The van der Waals surface area contributed by atoms with Crippen LogP contribution in [-0.4, -0.2) is 0 Å². The zero-order valence-electron chi connectivity index (χ0n) is 24.6. The molecular formula is C40H41NO. The van der Waals surface area contributed by atoms with E-state index in [1.165, 1.54) is 104 Å². The molecule has 10 rings (SSSR count). The second-order valence-corrected chi connectivity index (χ2v) is 14.3. The average Bonchev–Trinajstić information content (AvgIpc) is 3.41. The highest BCUT2D eigenvalue weighted by molar-refractivity contribution is 6.13. The van der Waals surface area contributed by atoms with E-state index in [4.69, 9.17) is 4.42 Å². The lowest BCUT2D eigenvalue weighted by Crippen LogP contribution is -2.48. The minimum atomic E-state index is 0.417. The molecule has 0 aliphatic heterocycles. The largest absolute Gasteiger partial charge is 0.456 e. The second-order valence-electron chi connectivity index (χ2n) is 14.3. The van der Waals surface area contributed by atoms with Crippen LogP contribution in [0.2, 0.25) is 0 Å². The zero-order chi connectivity index (χ0) is 27.7. The summed E-state index contributed by atoms with van der Waals surface area (Å²) in [6, 6.07) is 34.3. The first-order chi connectivity index (χ1) is 20.7. The molecule has 4 bridgehead atoms. The van der Waals surface area contributed by atoms with Crippen LogP contribution < -0.4 is 4.90 Å². The molecule has 1 heterocycles. The van der Waals surface area contributed by atoms with Crippen molar-refractivity contribution in [1.82, 2.24) is 0 Å². The van der Waals surface area contributed by atoms with Crippen LogP contribution >= 0.6 is 0 Å². The molecular weight excluding hydrogens is 510 g/mol. The highest BCUT2D eigenvalue weighted by Gasteiger charge is 2.51. The summed E-state index contributed by atoms with van der Waals surface area (Å²) < 4.78 is 6.34. The van der Waals surface area contributed by atoms with E-state index in [-0.39, 0.29) is 0 Å². The molecule has 5 aromatic rings. The van der Waals surface area contributed by atoms with Crippen LogP contribution in [0.25, 0.3) is 21.9 Å². The summed E-state index contributed by atoms with van der Waals surface area (Å²) in [7, 11) is 0. The highest BCUT2D eigenvalue weighted by atomic mass is 16.3. The van der Waals surface area contributed by atoms with Crippen LogP contribution in [-0.2, 0) is 5.41 Å². The minimum Gasteiger partial charge on any atom is -0.456 e. The summed E-state index contributed by atoms with van der Waals surface area (Å²) in [5.41, 5.74) is 9.03. The Morgan fingerprint density at radius 1 is 0.595 bits per heavy atom. The third kappa shape index (κ3) is 4.05. The van der Waals surface area contributed by atoms with Crippen molar-refractivity contribution in [3.63, 3.8) is 0 Å². The van der Waals surface area contributed by atoms with E-state index in [1.807, 2.05) is 0 Å². The molecule has 0 spiro atoms. The van der Waals surface area contributed by atoms with E-state index in [0.717, 1.165) is 28.9 Å². The summed E-state index contributed by atoms with van der Waals surface area (Å²) in [5.74, 6) is 3.59. The Kier molecular flexibility index (Phi) is 5.82. The molecule has 2 nitrogen and oxygen atoms in total. The monoisotopic (exact) mass is 551 g/mol. The number of para-hydroxylation sites is 1. The van der Waals surface area contributed by atoms with Gasteiger partial charge >= 0.3 is 0 Å². The number of hydrogen-bond donors (Lipinski definition) is 0. The van der Waals surface area contributed by atoms with Gasteiger partial charge in [-0.3, -0.25) is 0 Å². The molecule has 5 fully saturated rings. The van der Waals surface area contributed by atoms with Gasteiger partial charge in [-0.05, 0) is 134 Å². The summed E-state index contributed by atoms with van der Waals surface area (Å²) >= 11 is 0. The Morgan fingerprint density at radius 3 is 1.90 bits per heavy atom. The summed E-state index contributed by atoms with van der Waals surface area (Å²) in [6.45, 7) is 0. The fraction of sp³-hybridized carbons (Fsp3) is 0.400. The van der Waals surface area contributed by atoms with Crippen LogP contribution in [0.1, 0.15) is 87.7 Å². The molecule has 0 atom stereocenters. The number of benzene rings is 4. The van der Waals surface area contributed by atoms with Crippen LogP contribution in [0, 0.1) is 17.8 Å². The predicted octanol–water partition coefficient (Wildman–Crippen LogP) is 11.6. The smallest absolute Gasteiger partial charge is 0.137 e. The standard InChI is InChI=1S/C40H41NO/c1-2-7-30(8-3-1)31-13-17-33(18-14-31)41(36-10-6-12-38-39(36)35-9-4-5-11-37(35)42-38)34-19-15-32(16-20-34)40-24-27-21-28(25-40)23-29(22-27)26-40/h4-6,9-20,27-30H,1-3,7-8,21-26H2. The molecule has 212 valence electrons. The van der Waals surface area contributed by atoms with E-state index in [0.29, 0.717) is 11.3 Å². The van der Waals surface area contributed by atoms with E-state index < -0.39 is 0 Å². The Labute approximate surface area is 249 Å². The first-order valence-electron chi connectivity index (χ1n) is 16.6. The SMILES string of the molecule is c1ccc2c(c1)oc1cccc(N(c3ccc(C4CCCCC4)cc3)c3ccc(C45CC6CC(CC(C6)C4)C5)cc3)c12. The van der Waals surface area contributed by atoms with Crippen LogP contribution in [0.4, 0.5) is 17.1 Å². The lowest BCUT2D eigenvalue weighted by atomic mass is 9.48. The van der Waals surface area contributed by atoms with Crippen molar-refractivity contribution in [1.29, 1.82) is 0 Å². The molecule has 42 heavy (non-hydrogen) atoms. The van der Waals surface area contributed by atoms with E-state index in [9.17, 15) is 0 Å². The van der Waals surface area contributed by atoms with Gasteiger partial charge in [-0.15, -0.1) is 0 Å². The molecule has 1 aromatic heterocycles. The topological polar surface area (TPSA) is 16.4 Å². The summed E-state index contributed by atoms with van der Waals surface area (Å²) in [4.78, 5) is 2.47. The number of fused-ring (bicyclic) bond motifs is 3. The maximum Gasteiger partial charge on any atom is 0.137 e. The van der Waals surface area contributed by atoms with Crippen molar-refractivity contribution in [3.05, 3.63) is 102 Å². The van der Waals surface area contributed by atoms with Gasteiger partial charge in [0.2, 0.25) is 0 Å². The zero-order valence-corrected chi connectivity index (χ0v) is 24.6. The third-order valence-corrected chi connectivity index (χ3v) is 11.6. The maximum absolute atomic E-state index is 6.34. The van der Waals surface area contributed by atoms with Crippen molar-refractivity contribution in [2.24, 2.45) is 17.8 Å². The van der Waals surface area contributed by atoms with Crippen LogP contribution in [0.3, 0.4) is 0 Å². The van der Waals surface area contributed by atoms with E-state index >= 15 is 0 Å². The van der Waals surface area contributed by atoms with Gasteiger partial charge in [-0.25, -0.2) is 0 Å². The van der Waals surface area contributed by atoms with Crippen molar-refractivity contribution < 1.29 is 4.42 Å². The predicted molar refractivity (Wildman–Crippen MR) is 174 cm³/mol. The van der Waals surface area contributed by atoms with E-state index in [2.05, 4.69) is 95.9 Å². The van der Waals surface area contributed by atoms with Crippen LogP contribution in [0.5, 0.6) is 0 Å². The van der Waals surface area contributed by atoms with Crippen molar-refractivity contribution in [3.8, 4) is 0 Å². The number of hydrogen-bond acceptors (Lipinski definition) is 2. The van der Waals surface area contributed by atoms with Crippen molar-refractivity contribution in [2.45, 2.75) is 82.0 Å². The fourth-order valence-electron chi connectivity index (χ4n) is 10.1. The average molecular weight is 552 g/mol. The normalized spacial score (nSPS) is 27.2. The first kappa shape index (κ1) is 25.0. The van der Waals surface area contributed by atoms with Crippen molar-refractivity contribution in [2.75, 3.05) is 4.90 Å². The number of furan rings is 1. The molecule has 4 aromatic carbocycles. The van der Waals surface area contributed by atoms with Gasteiger partial charge in [0.15, 0.2) is 0 Å². The fourth-order valence-corrected chi connectivity index (χ4v) is 10.1. The molecule has 2 heteroatoms. The summed E-state index contributed by atoms with van der Waals surface area (Å²) in [5, 5.41) is 2.37. The number of nitrogens with zero attached hydrogens (tertiary/aromatic N) is 1. The number of rotatable bonds is 5. The van der Waals surface area contributed by atoms with Gasteiger partial charge in [0.05, 0.1) is 11.1 Å². The highest BCUT2D eigenvalue weighted by Crippen LogP contribution is 2.61. The molecule has 0 N–H and O–H groups in total. The first-order valence-corrected chi connectivity index (χ1v) is 16.6.